The molecule has 0 fully saturated rings. The zero-order valence-corrected chi connectivity index (χ0v) is 13.6. The van der Waals surface area contributed by atoms with E-state index in [2.05, 4.69) is 41.7 Å². The first-order valence-corrected chi connectivity index (χ1v) is 7.15. The van der Waals surface area contributed by atoms with Gasteiger partial charge in [0.1, 0.15) is 0 Å². The Bertz CT molecular complexity index is 486. The van der Waals surface area contributed by atoms with Gasteiger partial charge in [0.05, 0.1) is 0 Å². The lowest BCUT2D eigenvalue weighted by Crippen LogP contribution is -2.48. The van der Waals surface area contributed by atoms with Gasteiger partial charge >= 0.3 is 0 Å². The number of rotatable bonds is 4. The van der Waals surface area contributed by atoms with Gasteiger partial charge in [-0.1, -0.05) is 12.1 Å². The van der Waals surface area contributed by atoms with Crippen molar-refractivity contribution in [2.24, 2.45) is 4.99 Å². The topological polar surface area (TPSA) is 65.5 Å². The standard InChI is InChI=1S/C16H26N4O/c1-12(21)19-14-8-6-13(7-9-14)10-11-18-15(17-5)20-16(2,3)4/h6-9H,10-11H2,1-5H3,(H,19,21)(H2,17,18,20). The molecule has 5 nitrogen and oxygen atoms in total. The zero-order valence-electron chi connectivity index (χ0n) is 13.6. The van der Waals surface area contributed by atoms with Crippen LogP contribution in [-0.4, -0.2) is 31.0 Å². The summed E-state index contributed by atoms with van der Waals surface area (Å²) in [5, 5.41) is 9.36. The van der Waals surface area contributed by atoms with E-state index in [-0.39, 0.29) is 11.4 Å². The number of carbonyl (C=O) groups excluding carboxylic acids is 1. The summed E-state index contributed by atoms with van der Waals surface area (Å²) in [5.41, 5.74) is 2.02. The molecule has 0 aromatic heterocycles. The molecule has 0 saturated carbocycles. The second-order valence-corrected chi connectivity index (χ2v) is 6.00. The smallest absolute Gasteiger partial charge is 0.221 e. The van der Waals surface area contributed by atoms with Crippen molar-refractivity contribution >= 4 is 17.6 Å². The van der Waals surface area contributed by atoms with Gasteiger partial charge in [0, 0.05) is 31.7 Å². The molecule has 0 atom stereocenters. The largest absolute Gasteiger partial charge is 0.356 e. The Morgan fingerprint density at radius 3 is 2.29 bits per heavy atom. The van der Waals surface area contributed by atoms with E-state index in [1.807, 2.05) is 24.3 Å². The number of aliphatic imine (C=N–C) groups is 1. The number of carbonyl (C=O) groups is 1. The molecular formula is C16H26N4O. The van der Waals surface area contributed by atoms with Crippen LogP contribution in [0.15, 0.2) is 29.3 Å². The van der Waals surface area contributed by atoms with Crippen molar-refractivity contribution in [2.45, 2.75) is 39.7 Å². The van der Waals surface area contributed by atoms with Crippen LogP contribution in [0.2, 0.25) is 0 Å². The molecule has 0 aliphatic rings. The lowest BCUT2D eigenvalue weighted by atomic mass is 10.1. The minimum atomic E-state index is -0.0542. The molecular weight excluding hydrogens is 264 g/mol. The SMILES string of the molecule is CN=C(NCCc1ccc(NC(C)=O)cc1)NC(C)(C)C. The van der Waals surface area contributed by atoms with Crippen LogP contribution in [0.4, 0.5) is 5.69 Å². The average molecular weight is 290 g/mol. The Morgan fingerprint density at radius 1 is 1.19 bits per heavy atom. The number of anilines is 1. The van der Waals surface area contributed by atoms with Crippen LogP contribution in [0, 0.1) is 0 Å². The summed E-state index contributed by atoms with van der Waals surface area (Å²) >= 11 is 0. The van der Waals surface area contributed by atoms with Crippen LogP contribution in [0.5, 0.6) is 0 Å². The Labute approximate surface area is 127 Å². The van der Waals surface area contributed by atoms with Crippen molar-refractivity contribution < 1.29 is 4.79 Å². The summed E-state index contributed by atoms with van der Waals surface area (Å²) in [6, 6.07) is 7.87. The maximum Gasteiger partial charge on any atom is 0.221 e. The monoisotopic (exact) mass is 290 g/mol. The second kappa shape index (κ2) is 7.67. The Hall–Kier alpha value is -2.04. The van der Waals surface area contributed by atoms with Gasteiger partial charge in [-0.2, -0.15) is 0 Å². The predicted molar refractivity (Wildman–Crippen MR) is 88.7 cm³/mol. The predicted octanol–water partition coefficient (Wildman–Crippen LogP) is 2.15. The molecule has 1 rings (SSSR count). The molecule has 1 amide bonds. The Kier molecular flexibility index (Phi) is 6.21. The van der Waals surface area contributed by atoms with Gasteiger partial charge in [0.25, 0.3) is 0 Å². The summed E-state index contributed by atoms with van der Waals surface area (Å²) in [7, 11) is 1.77. The lowest BCUT2D eigenvalue weighted by Gasteiger charge is -2.23. The summed E-state index contributed by atoms with van der Waals surface area (Å²) in [4.78, 5) is 15.1. The summed E-state index contributed by atoms with van der Waals surface area (Å²) in [6.45, 7) is 8.60. The number of nitrogens with zero attached hydrogens (tertiary/aromatic N) is 1. The first-order valence-electron chi connectivity index (χ1n) is 7.15. The first kappa shape index (κ1) is 17.0. The van der Waals surface area contributed by atoms with E-state index in [9.17, 15) is 4.79 Å². The second-order valence-electron chi connectivity index (χ2n) is 6.00. The zero-order chi connectivity index (χ0) is 15.9. The maximum absolute atomic E-state index is 11.0. The van der Waals surface area contributed by atoms with Crippen LogP contribution >= 0.6 is 0 Å². The normalized spacial score (nSPS) is 12.0. The molecule has 1 aromatic carbocycles. The number of guanidine groups is 1. The molecule has 0 radical (unpaired) electrons. The molecule has 0 aliphatic heterocycles. The molecule has 0 aliphatic carbocycles. The highest BCUT2D eigenvalue weighted by Gasteiger charge is 2.11. The third kappa shape index (κ3) is 7.34. The van der Waals surface area contributed by atoms with Crippen molar-refractivity contribution in [3.05, 3.63) is 29.8 Å². The number of benzene rings is 1. The summed E-state index contributed by atoms with van der Waals surface area (Å²) < 4.78 is 0. The minimum absolute atomic E-state index is 0.0121. The maximum atomic E-state index is 11.0. The van der Waals surface area contributed by atoms with Crippen molar-refractivity contribution in [3.63, 3.8) is 0 Å². The Balaban J connectivity index is 2.43. The number of amides is 1. The molecule has 3 N–H and O–H groups in total. The van der Waals surface area contributed by atoms with Crippen LogP contribution in [-0.2, 0) is 11.2 Å². The van der Waals surface area contributed by atoms with Gasteiger partial charge in [-0.05, 0) is 44.9 Å². The van der Waals surface area contributed by atoms with Crippen molar-refractivity contribution in [1.82, 2.24) is 10.6 Å². The van der Waals surface area contributed by atoms with Crippen LogP contribution < -0.4 is 16.0 Å². The van der Waals surface area contributed by atoms with Crippen LogP contribution in [0.1, 0.15) is 33.3 Å². The highest BCUT2D eigenvalue weighted by Crippen LogP contribution is 2.09. The third-order valence-electron chi connectivity index (χ3n) is 2.70. The van der Waals surface area contributed by atoms with E-state index in [1.165, 1.54) is 12.5 Å². The van der Waals surface area contributed by atoms with Gasteiger partial charge < -0.3 is 16.0 Å². The molecule has 0 unspecified atom stereocenters. The van der Waals surface area contributed by atoms with Crippen LogP contribution in [0.3, 0.4) is 0 Å². The molecule has 0 spiro atoms. The van der Waals surface area contributed by atoms with E-state index in [4.69, 9.17) is 0 Å². The molecule has 0 heterocycles. The molecule has 21 heavy (non-hydrogen) atoms. The molecule has 0 saturated heterocycles. The van der Waals surface area contributed by atoms with Gasteiger partial charge in [-0.15, -0.1) is 0 Å². The minimum Gasteiger partial charge on any atom is -0.356 e. The van der Waals surface area contributed by atoms with Gasteiger partial charge in [-0.25, -0.2) is 0 Å². The van der Waals surface area contributed by atoms with Gasteiger partial charge in [0.15, 0.2) is 5.96 Å². The Morgan fingerprint density at radius 2 is 1.81 bits per heavy atom. The lowest BCUT2D eigenvalue weighted by molar-refractivity contribution is -0.114. The van der Waals surface area contributed by atoms with Crippen molar-refractivity contribution in [1.29, 1.82) is 0 Å². The average Bonchev–Trinajstić information content (AvgIpc) is 2.37. The quantitative estimate of drug-likeness (QED) is 0.588. The first-order chi connectivity index (χ1) is 9.80. The van der Waals surface area contributed by atoms with Crippen LogP contribution in [0.25, 0.3) is 0 Å². The fourth-order valence-corrected chi connectivity index (χ4v) is 1.82. The van der Waals surface area contributed by atoms with E-state index < -0.39 is 0 Å². The molecule has 5 heteroatoms. The molecule has 0 bridgehead atoms. The third-order valence-corrected chi connectivity index (χ3v) is 2.70. The molecule has 116 valence electrons. The highest BCUT2D eigenvalue weighted by molar-refractivity contribution is 5.88. The summed E-state index contributed by atoms with van der Waals surface area (Å²) in [6.07, 6.45) is 0.894. The number of hydrogen-bond acceptors (Lipinski definition) is 2. The van der Waals surface area contributed by atoms with E-state index >= 15 is 0 Å². The van der Waals surface area contributed by atoms with Crippen molar-refractivity contribution in [2.75, 3.05) is 18.9 Å². The molecule has 1 aromatic rings. The fraction of sp³-hybridized carbons (Fsp3) is 0.500. The number of nitrogens with one attached hydrogen (secondary N) is 3. The van der Waals surface area contributed by atoms with E-state index in [0.29, 0.717) is 0 Å². The van der Waals surface area contributed by atoms with E-state index in [0.717, 1.165) is 24.6 Å². The van der Waals surface area contributed by atoms with Gasteiger partial charge in [-0.3, -0.25) is 9.79 Å². The summed E-state index contributed by atoms with van der Waals surface area (Å²) in [5.74, 6) is 0.749. The van der Waals surface area contributed by atoms with E-state index in [1.54, 1.807) is 7.05 Å². The van der Waals surface area contributed by atoms with Crippen molar-refractivity contribution in [3.8, 4) is 0 Å². The van der Waals surface area contributed by atoms with Gasteiger partial charge in [0.2, 0.25) is 5.91 Å². The highest BCUT2D eigenvalue weighted by atomic mass is 16.1. The number of hydrogen-bond donors (Lipinski definition) is 3. The fourth-order valence-electron chi connectivity index (χ4n) is 1.82.